The molecule has 2 heteroatoms. The molecule has 1 fully saturated rings. The zero-order valence-electron chi connectivity index (χ0n) is 12.4. The van der Waals surface area contributed by atoms with Crippen LogP contribution in [-0.4, -0.2) is 14.2 Å². The molecule has 0 atom stereocenters. The highest BCUT2D eigenvalue weighted by Gasteiger charge is 2.24. The fraction of sp³-hybridized carbons (Fsp3) is 0.647. The summed E-state index contributed by atoms with van der Waals surface area (Å²) in [5.41, 5.74) is 1.33. The summed E-state index contributed by atoms with van der Waals surface area (Å²) < 4.78 is 10.9. The minimum atomic E-state index is 0.637. The van der Waals surface area contributed by atoms with Gasteiger partial charge in [-0.25, -0.2) is 0 Å². The summed E-state index contributed by atoms with van der Waals surface area (Å²) in [5.74, 6) is 3.53. The lowest BCUT2D eigenvalue weighted by Crippen LogP contribution is -2.14. The van der Waals surface area contributed by atoms with Crippen molar-refractivity contribution in [3.8, 4) is 11.5 Å². The minimum Gasteiger partial charge on any atom is -0.497 e. The van der Waals surface area contributed by atoms with Crippen LogP contribution in [0.25, 0.3) is 0 Å². The van der Waals surface area contributed by atoms with E-state index in [0.29, 0.717) is 5.92 Å². The Bertz CT molecular complexity index is 392. The summed E-state index contributed by atoms with van der Waals surface area (Å²) in [7, 11) is 3.48. The van der Waals surface area contributed by atoms with Crippen LogP contribution in [0.1, 0.15) is 56.9 Å². The van der Waals surface area contributed by atoms with Gasteiger partial charge in [-0.05, 0) is 55.7 Å². The third-order valence-corrected chi connectivity index (χ3v) is 4.42. The zero-order valence-corrected chi connectivity index (χ0v) is 12.4. The average Bonchev–Trinajstić information content (AvgIpc) is 2.47. The van der Waals surface area contributed by atoms with Crippen molar-refractivity contribution in [2.45, 2.75) is 51.4 Å². The fourth-order valence-corrected chi connectivity index (χ4v) is 3.33. The third kappa shape index (κ3) is 3.43. The van der Waals surface area contributed by atoms with E-state index in [1.54, 1.807) is 14.2 Å². The molecule has 0 bridgehead atoms. The molecule has 1 aromatic carbocycles. The Morgan fingerprint density at radius 3 is 2.37 bits per heavy atom. The van der Waals surface area contributed by atoms with Crippen LogP contribution in [0.2, 0.25) is 0 Å². The highest BCUT2D eigenvalue weighted by atomic mass is 16.5. The molecule has 1 aliphatic carbocycles. The highest BCUT2D eigenvalue weighted by molar-refractivity contribution is 5.42. The summed E-state index contributed by atoms with van der Waals surface area (Å²) in [5, 5.41) is 0. The van der Waals surface area contributed by atoms with E-state index in [1.807, 2.05) is 12.1 Å². The number of ether oxygens (including phenoxy) is 2. The van der Waals surface area contributed by atoms with E-state index >= 15 is 0 Å². The fourth-order valence-electron chi connectivity index (χ4n) is 3.33. The van der Waals surface area contributed by atoms with Gasteiger partial charge in [-0.1, -0.05) is 19.8 Å². The first-order chi connectivity index (χ1) is 9.28. The van der Waals surface area contributed by atoms with Crippen molar-refractivity contribution in [1.29, 1.82) is 0 Å². The van der Waals surface area contributed by atoms with Crippen LogP contribution in [0.4, 0.5) is 0 Å². The van der Waals surface area contributed by atoms with Crippen LogP contribution < -0.4 is 9.47 Å². The molecule has 1 aromatic rings. The van der Waals surface area contributed by atoms with Crippen LogP contribution in [0, 0.1) is 5.92 Å². The van der Waals surface area contributed by atoms with Gasteiger partial charge in [0.1, 0.15) is 11.5 Å². The van der Waals surface area contributed by atoms with Gasteiger partial charge >= 0.3 is 0 Å². The van der Waals surface area contributed by atoms with Gasteiger partial charge in [-0.15, -0.1) is 0 Å². The summed E-state index contributed by atoms with van der Waals surface area (Å²) in [6.07, 6.45) is 8.00. The lowest BCUT2D eigenvalue weighted by Gasteiger charge is -2.29. The van der Waals surface area contributed by atoms with Gasteiger partial charge < -0.3 is 9.47 Å². The van der Waals surface area contributed by atoms with Gasteiger partial charge in [-0.3, -0.25) is 0 Å². The van der Waals surface area contributed by atoms with Crippen LogP contribution in [-0.2, 0) is 0 Å². The first-order valence-electron chi connectivity index (χ1n) is 7.50. The van der Waals surface area contributed by atoms with Crippen molar-refractivity contribution in [2.75, 3.05) is 14.2 Å². The van der Waals surface area contributed by atoms with E-state index in [2.05, 4.69) is 13.0 Å². The van der Waals surface area contributed by atoms with Gasteiger partial charge in [0.25, 0.3) is 0 Å². The van der Waals surface area contributed by atoms with E-state index < -0.39 is 0 Å². The second kappa shape index (κ2) is 6.83. The van der Waals surface area contributed by atoms with Gasteiger partial charge in [-0.2, -0.15) is 0 Å². The zero-order chi connectivity index (χ0) is 13.7. The van der Waals surface area contributed by atoms with E-state index in [4.69, 9.17) is 9.47 Å². The summed E-state index contributed by atoms with van der Waals surface area (Å²) >= 11 is 0. The summed E-state index contributed by atoms with van der Waals surface area (Å²) in [4.78, 5) is 0. The Hall–Kier alpha value is -1.18. The third-order valence-electron chi connectivity index (χ3n) is 4.42. The number of benzene rings is 1. The molecule has 0 amide bonds. The molecule has 0 radical (unpaired) electrons. The van der Waals surface area contributed by atoms with Crippen molar-refractivity contribution in [2.24, 2.45) is 5.92 Å². The molecule has 0 spiro atoms. The van der Waals surface area contributed by atoms with Gasteiger partial charge in [0.2, 0.25) is 0 Å². The van der Waals surface area contributed by atoms with E-state index in [-0.39, 0.29) is 0 Å². The molecular weight excluding hydrogens is 236 g/mol. The number of rotatable bonds is 5. The van der Waals surface area contributed by atoms with Crippen molar-refractivity contribution in [3.63, 3.8) is 0 Å². The van der Waals surface area contributed by atoms with E-state index in [0.717, 1.165) is 17.4 Å². The monoisotopic (exact) mass is 262 g/mol. The molecule has 0 aromatic heterocycles. The second-order valence-electron chi connectivity index (χ2n) is 5.61. The number of methoxy groups -OCH3 is 2. The number of hydrogen-bond donors (Lipinski definition) is 0. The van der Waals surface area contributed by atoms with Crippen LogP contribution in [0.15, 0.2) is 18.2 Å². The van der Waals surface area contributed by atoms with Crippen molar-refractivity contribution in [1.82, 2.24) is 0 Å². The molecule has 0 saturated heterocycles. The molecule has 1 saturated carbocycles. The Balaban J connectivity index is 2.09. The SMILES string of the molecule is CCCC1CCC(c2cc(OC)ccc2OC)CC1. The number of hydrogen-bond acceptors (Lipinski definition) is 2. The van der Waals surface area contributed by atoms with Gasteiger partial charge in [0, 0.05) is 5.56 Å². The topological polar surface area (TPSA) is 18.5 Å². The normalized spacial score (nSPS) is 23.1. The standard InChI is InChI=1S/C17H26O2/c1-4-5-13-6-8-14(9-7-13)16-12-15(18-2)10-11-17(16)19-3/h10-14H,4-9H2,1-3H3. The molecular formula is C17H26O2. The molecule has 1 aliphatic rings. The minimum absolute atomic E-state index is 0.637. The quantitative estimate of drug-likeness (QED) is 0.760. The summed E-state index contributed by atoms with van der Waals surface area (Å²) in [6.45, 7) is 2.29. The lowest BCUT2D eigenvalue weighted by molar-refractivity contribution is 0.301. The Morgan fingerprint density at radius 2 is 1.79 bits per heavy atom. The Morgan fingerprint density at radius 1 is 1.05 bits per heavy atom. The van der Waals surface area contributed by atoms with Crippen molar-refractivity contribution >= 4 is 0 Å². The predicted molar refractivity (Wildman–Crippen MR) is 79.2 cm³/mol. The molecule has 2 rings (SSSR count). The average molecular weight is 262 g/mol. The molecule has 2 nitrogen and oxygen atoms in total. The molecule has 106 valence electrons. The first kappa shape index (κ1) is 14.2. The van der Waals surface area contributed by atoms with Crippen LogP contribution >= 0.6 is 0 Å². The molecule has 19 heavy (non-hydrogen) atoms. The Labute approximate surface area is 117 Å². The molecule has 0 aliphatic heterocycles. The van der Waals surface area contributed by atoms with Crippen LogP contribution in [0.5, 0.6) is 11.5 Å². The predicted octanol–water partition coefficient (Wildman–Crippen LogP) is 4.78. The van der Waals surface area contributed by atoms with Crippen molar-refractivity contribution in [3.05, 3.63) is 23.8 Å². The maximum absolute atomic E-state index is 5.52. The lowest BCUT2D eigenvalue weighted by atomic mass is 9.77. The first-order valence-corrected chi connectivity index (χ1v) is 7.50. The van der Waals surface area contributed by atoms with Crippen molar-refractivity contribution < 1.29 is 9.47 Å². The van der Waals surface area contributed by atoms with Gasteiger partial charge in [0.15, 0.2) is 0 Å². The molecule has 0 heterocycles. The maximum Gasteiger partial charge on any atom is 0.122 e. The maximum atomic E-state index is 5.52. The molecule has 0 N–H and O–H groups in total. The second-order valence-corrected chi connectivity index (χ2v) is 5.61. The van der Waals surface area contributed by atoms with E-state index in [9.17, 15) is 0 Å². The van der Waals surface area contributed by atoms with E-state index in [1.165, 1.54) is 44.1 Å². The van der Waals surface area contributed by atoms with Gasteiger partial charge in [0.05, 0.1) is 14.2 Å². The largest absolute Gasteiger partial charge is 0.497 e. The summed E-state index contributed by atoms with van der Waals surface area (Å²) in [6, 6.07) is 6.17. The van der Waals surface area contributed by atoms with Crippen LogP contribution in [0.3, 0.4) is 0 Å². The smallest absolute Gasteiger partial charge is 0.122 e. The molecule has 0 unspecified atom stereocenters. The Kier molecular flexibility index (Phi) is 5.12. The highest BCUT2D eigenvalue weighted by Crippen LogP contribution is 2.41.